The maximum Gasteiger partial charge on any atom is 0.417 e. The SMILES string of the molecule is COC(=O)C1(NC(=O)c2ccc(C(F)(F)F)c(Br)c2)CCC(C)CC1. The van der Waals surface area contributed by atoms with Crippen molar-refractivity contribution in [2.75, 3.05) is 7.11 Å². The normalized spacial score (nSPS) is 23.8. The summed E-state index contributed by atoms with van der Waals surface area (Å²) in [5, 5.41) is 2.69. The number of amides is 1. The Kier molecular flexibility index (Phi) is 5.81. The van der Waals surface area contributed by atoms with Crippen LogP contribution in [0.2, 0.25) is 0 Å². The van der Waals surface area contributed by atoms with E-state index in [-0.39, 0.29) is 10.0 Å². The molecule has 1 aliphatic rings. The second kappa shape index (κ2) is 7.35. The Morgan fingerprint density at radius 3 is 2.36 bits per heavy atom. The fraction of sp³-hybridized carbons (Fsp3) is 0.529. The van der Waals surface area contributed by atoms with Gasteiger partial charge in [0.15, 0.2) is 0 Å². The molecule has 1 aliphatic carbocycles. The minimum absolute atomic E-state index is 0.0433. The molecule has 2 rings (SSSR count). The van der Waals surface area contributed by atoms with Crippen molar-refractivity contribution >= 4 is 27.8 Å². The molecule has 1 amide bonds. The average Bonchev–Trinajstić information content (AvgIpc) is 2.55. The summed E-state index contributed by atoms with van der Waals surface area (Å²) in [5.41, 5.74) is -1.95. The number of esters is 1. The van der Waals surface area contributed by atoms with E-state index in [2.05, 4.69) is 28.2 Å². The molecule has 0 aromatic heterocycles. The maximum atomic E-state index is 12.8. The van der Waals surface area contributed by atoms with Crippen LogP contribution in [0.3, 0.4) is 0 Å². The Morgan fingerprint density at radius 1 is 1.28 bits per heavy atom. The number of halogens is 4. The molecule has 1 fully saturated rings. The average molecular weight is 422 g/mol. The number of nitrogens with one attached hydrogen (secondary N) is 1. The van der Waals surface area contributed by atoms with Gasteiger partial charge in [-0.05, 0) is 49.8 Å². The van der Waals surface area contributed by atoms with Gasteiger partial charge in [-0.25, -0.2) is 4.79 Å². The monoisotopic (exact) mass is 421 g/mol. The summed E-state index contributed by atoms with van der Waals surface area (Å²) in [5.74, 6) is -0.692. The van der Waals surface area contributed by atoms with Crippen molar-refractivity contribution in [3.05, 3.63) is 33.8 Å². The summed E-state index contributed by atoms with van der Waals surface area (Å²) in [4.78, 5) is 24.7. The smallest absolute Gasteiger partial charge is 0.417 e. The lowest BCUT2D eigenvalue weighted by Crippen LogP contribution is -2.56. The number of carbonyl (C=O) groups is 2. The van der Waals surface area contributed by atoms with Gasteiger partial charge in [0, 0.05) is 10.0 Å². The van der Waals surface area contributed by atoms with Crippen molar-refractivity contribution in [1.82, 2.24) is 5.32 Å². The van der Waals surface area contributed by atoms with E-state index in [9.17, 15) is 22.8 Å². The molecule has 138 valence electrons. The highest BCUT2D eigenvalue weighted by atomic mass is 79.9. The number of ether oxygens (including phenoxy) is 1. The van der Waals surface area contributed by atoms with Crippen LogP contribution >= 0.6 is 15.9 Å². The molecule has 0 aliphatic heterocycles. The molecular weight excluding hydrogens is 403 g/mol. The number of benzene rings is 1. The quantitative estimate of drug-likeness (QED) is 0.739. The molecule has 1 N–H and O–H groups in total. The highest BCUT2D eigenvalue weighted by Crippen LogP contribution is 2.36. The van der Waals surface area contributed by atoms with Crippen LogP contribution in [-0.2, 0) is 15.7 Å². The molecular formula is C17H19BrF3NO3. The van der Waals surface area contributed by atoms with E-state index < -0.39 is 29.2 Å². The molecule has 1 aromatic rings. The van der Waals surface area contributed by atoms with Gasteiger partial charge in [-0.3, -0.25) is 4.79 Å². The molecule has 4 nitrogen and oxygen atoms in total. The van der Waals surface area contributed by atoms with Crippen LogP contribution in [-0.4, -0.2) is 24.5 Å². The second-order valence-corrected chi connectivity index (χ2v) is 7.26. The number of rotatable bonds is 3. The predicted molar refractivity (Wildman–Crippen MR) is 89.0 cm³/mol. The van der Waals surface area contributed by atoms with Gasteiger partial charge < -0.3 is 10.1 Å². The van der Waals surface area contributed by atoms with Crippen LogP contribution in [0.5, 0.6) is 0 Å². The lowest BCUT2D eigenvalue weighted by molar-refractivity contribution is -0.150. The molecule has 25 heavy (non-hydrogen) atoms. The third-order valence-corrected chi connectivity index (χ3v) is 5.25. The van der Waals surface area contributed by atoms with Crippen LogP contribution in [0, 0.1) is 5.92 Å². The van der Waals surface area contributed by atoms with Crippen molar-refractivity contribution in [2.45, 2.75) is 44.3 Å². The van der Waals surface area contributed by atoms with E-state index >= 15 is 0 Å². The third kappa shape index (κ3) is 4.34. The Bertz CT molecular complexity index is 668. The highest BCUT2D eigenvalue weighted by Gasteiger charge is 2.43. The van der Waals surface area contributed by atoms with Gasteiger partial charge in [0.2, 0.25) is 0 Å². The summed E-state index contributed by atoms with van der Waals surface area (Å²) >= 11 is 2.85. The van der Waals surface area contributed by atoms with E-state index in [1.807, 2.05) is 0 Å². The Hall–Kier alpha value is -1.57. The van der Waals surface area contributed by atoms with Crippen molar-refractivity contribution in [1.29, 1.82) is 0 Å². The topological polar surface area (TPSA) is 55.4 Å². The first kappa shape index (κ1) is 19.8. The number of hydrogen-bond acceptors (Lipinski definition) is 3. The Labute approximate surface area is 152 Å². The highest BCUT2D eigenvalue weighted by molar-refractivity contribution is 9.10. The first-order chi connectivity index (χ1) is 11.6. The van der Waals surface area contributed by atoms with E-state index in [1.165, 1.54) is 7.11 Å². The number of methoxy groups -OCH3 is 1. The lowest BCUT2D eigenvalue weighted by atomic mass is 9.77. The largest absolute Gasteiger partial charge is 0.467 e. The van der Waals surface area contributed by atoms with Crippen LogP contribution in [0.25, 0.3) is 0 Å². The van der Waals surface area contributed by atoms with E-state index in [0.29, 0.717) is 18.8 Å². The molecule has 8 heteroatoms. The molecule has 0 unspecified atom stereocenters. The Morgan fingerprint density at radius 2 is 1.88 bits per heavy atom. The molecule has 0 radical (unpaired) electrons. The molecule has 0 saturated heterocycles. The van der Waals surface area contributed by atoms with Crippen LogP contribution in [0.15, 0.2) is 22.7 Å². The van der Waals surface area contributed by atoms with Gasteiger partial charge >= 0.3 is 12.1 Å². The van der Waals surface area contributed by atoms with Crippen molar-refractivity contribution < 1.29 is 27.5 Å². The molecule has 0 heterocycles. The van der Waals surface area contributed by atoms with Gasteiger partial charge in [-0.2, -0.15) is 13.2 Å². The van der Waals surface area contributed by atoms with Gasteiger partial charge in [-0.15, -0.1) is 0 Å². The van der Waals surface area contributed by atoms with Crippen LogP contribution in [0.1, 0.15) is 48.5 Å². The number of carbonyl (C=O) groups excluding carboxylic acids is 2. The summed E-state index contributed by atoms with van der Waals surface area (Å²) < 4.78 is 43.1. The van der Waals surface area contributed by atoms with E-state index in [0.717, 1.165) is 31.0 Å². The zero-order chi connectivity index (χ0) is 18.8. The molecule has 1 aromatic carbocycles. The van der Waals surface area contributed by atoms with Crippen LogP contribution in [0.4, 0.5) is 13.2 Å². The maximum absolute atomic E-state index is 12.8. The zero-order valence-corrected chi connectivity index (χ0v) is 15.5. The molecule has 0 atom stereocenters. The summed E-state index contributed by atoms with van der Waals surface area (Å²) in [6.07, 6.45) is -2.12. The predicted octanol–water partition coefficient (Wildman–Crippen LogP) is 4.32. The second-order valence-electron chi connectivity index (χ2n) is 6.40. The summed E-state index contributed by atoms with van der Waals surface area (Å²) in [6.45, 7) is 2.07. The zero-order valence-electron chi connectivity index (χ0n) is 13.9. The van der Waals surface area contributed by atoms with Gasteiger partial charge in [0.1, 0.15) is 5.54 Å². The minimum Gasteiger partial charge on any atom is -0.467 e. The van der Waals surface area contributed by atoms with Crippen molar-refractivity contribution in [3.63, 3.8) is 0 Å². The van der Waals surface area contributed by atoms with Crippen LogP contribution < -0.4 is 5.32 Å². The van der Waals surface area contributed by atoms with Gasteiger partial charge in [0.25, 0.3) is 5.91 Å². The Balaban J connectivity index is 2.24. The molecule has 1 saturated carbocycles. The van der Waals surface area contributed by atoms with Gasteiger partial charge in [0.05, 0.1) is 12.7 Å². The third-order valence-electron chi connectivity index (χ3n) is 4.59. The summed E-state index contributed by atoms with van der Waals surface area (Å²) in [6, 6.07) is 3.04. The molecule has 0 bridgehead atoms. The molecule has 0 spiro atoms. The number of hydrogen-bond donors (Lipinski definition) is 1. The summed E-state index contributed by atoms with van der Waals surface area (Å²) in [7, 11) is 1.25. The lowest BCUT2D eigenvalue weighted by Gasteiger charge is -2.37. The van der Waals surface area contributed by atoms with E-state index in [1.54, 1.807) is 0 Å². The minimum atomic E-state index is -4.51. The van der Waals surface area contributed by atoms with E-state index in [4.69, 9.17) is 4.74 Å². The van der Waals surface area contributed by atoms with Gasteiger partial charge in [-0.1, -0.05) is 22.9 Å². The first-order valence-corrected chi connectivity index (χ1v) is 8.66. The van der Waals surface area contributed by atoms with Crippen molar-refractivity contribution in [2.24, 2.45) is 5.92 Å². The number of alkyl halides is 3. The fourth-order valence-corrected chi connectivity index (χ4v) is 3.61. The fourth-order valence-electron chi connectivity index (χ4n) is 3.01. The van der Waals surface area contributed by atoms with Crippen molar-refractivity contribution in [3.8, 4) is 0 Å². The standard InChI is InChI=1S/C17H19BrF3NO3/c1-10-5-7-16(8-6-10,15(24)25-2)22-14(23)11-3-4-12(13(18)9-11)17(19,20)21/h3-4,9-10H,5-8H2,1-2H3,(H,22,23). The first-order valence-electron chi connectivity index (χ1n) is 7.87.